The summed E-state index contributed by atoms with van der Waals surface area (Å²) >= 11 is 0. The van der Waals surface area contributed by atoms with Crippen molar-refractivity contribution in [2.45, 2.75) is 51.3 Å². The molecule has 0 aromatic heterocycles. The molecule has 2 N–H and O–H groups in total. The minimum absolute atomic E-state index is 0.112. The molecule has 0 unspecified atom stereocenters. The number of hydrogen-bond acceptors (Lipinski definition) is 3. The molecule has 0 saturated carbocycles. The van der Waals surface area contributed by atoms with E-state index in [9.17, 15) is 9.90 Å². The Hall–Kier alpha value is -0.593. The zero-order valence-electron chi connectivity index (χ0n) is 12.1. The Balaban J connectivity index is 2.71. The molecule has 1 heterocycles. The number of hydrogen-bond donors (Lipinski definition) is 2. The SMILES string of the molecule is CC(C)(C)[SiH2]OC(C)(C)[C@@H]1CNCCN1C(=O)O. The van der Waals surface area contributed by atoms with Crippen molar-refractivity contribution >= 4 is 15.9 Å². The largest absolute Gasteiger partial charge is 0.465 e. The lowest BCUT2D eigenvalue weighted by atomic mass is 9.96. The average Bonchev–Trinajstić information content (AvgIpc) is 2.26. The zero-order chi connectivity index (χ0) is 14.0. The van der Waals surface area contributed by atoms with Crippen molar-refractivity contribution in [3.63, 3.8) is 0 Å². The minimum Gasteiger partial charge on any atom is -0.465 e. The van der Waals surface area contributed by atoms with Crippen molar-refractivity contribution in [2.75, 3.05) is 19.6 Å². The Morgan fingerprint density at radius 1 is 1.39 bits per heavy atom. The Kier molecular flexibility index (Phi) is 4.80. The number of amides is 1. The van der Waals surface area contributed by atoms with Crippen LogP contribution >= 0.6 is 0 Å². The van der Waals surface area contributed by atoms with Crippen molar-refractivity contribution in [1.82, 2.24) is 10.2 Å². The fourth-order valence-electron chi connectivity index (χ4n) is 2.05. The first-order chi connectivity index (χ1) is 8.13. The van der Waals surface area contributed by atoms with Gasteiger partial charge in [-0.3, -0.25) is 4.90 Å². The van der Waals surface area contributed by atoms with Crippen molar-refractivity contribution in [1.29, 1.82) is 0 Å². The van der Waals surface area contributed by atoms with Crippen LogP contribution in [0.5, 0.6) is 0 Å². The van der Waals surface area contributed by atoms with Crippen LogP contribution in [0, 0.1) is 0 Å². The third kappa shape index (κ3) is 4.26. The van der Waals surface area contributed by atoms with Gasteiger partial charge in [0.15, 0.2) is 9.76 Å². The lowest BCUT2D eigenvalue weighted by Gasteiger charge is -2.44. The number of piperazine rings is 1. The van der Waals surface area contributed by atoms with Gasteiger partial charge in [-0.2, -0.15) is 0 Å². The van der Waals surface area contributed by atoms with E-state index in [1.165, 1.54) is 4.90 Å². The number of nitrogens with one attached hydrogen (secondary N) is 1. The van der Waals surface area contributed by atoms with E-state index in [0.717, 1.165) is 6.54 Å². The van der Waals surface area contributed by atoms with E-state index in [0.29, 0.717) is 13.1 Å². The van der Waals surface area contributed by atoms with Gasteiger partial charge in [-0.1, -0.05) is 20.8 Å². The molecular formula is C12H26N2O3Si. The molecule has 1 aliphatic rings. The van der Waals surface area contributed by atoms with Gasteiger partial charge >= 0.3 is 6.09 Å². The Labute approximate surface area is 112 Å². The van der Waals surface area contributed by atoms with Gasteiger partial charge in [0, 0.05) is 19.6 Å². The molecular weight excluding hydrogens is 248 g/mol. The van der Waals surface area contributed by atoms with Gasteiger partial charge in [-0.25, -0.2) is 4.79 Å². The normalized spacial score (nSPS) is 22.7. The Morgan fingerprint density at radius 2 is 2.00 bits per heavy atom. The molecule has 6 heteroatoms. The molecule has 1 aliphatic heterocycles. The highest BCUT2D eigenvalue weighted by Crippen LogP contribution is 2.27. The molecule has 1 rings (SSSR count). The molecule has 0 bridgehead atoms. The van der Waals surface area contributed by atoms with Crippen molar-refractivity contribution in [2.24, 2.45) is 0 Å². The highest BCUT2D eigenvalue weighted by molar-refractivity contribution is 6.31. The van der Waals surface area contributed by atoms with E-state index >= 15 is 0 Å². The van der Waals surface area contributed by atoms with Crippen molar-refractivity contribution < 1.29 is 14.3 Å². The van der Waals surface area contributed by atoms with Crippen LogP contribution in [0.25, 0.3) is 0 Å². The van der Waals surface area contributed by atoms with Crippen LogP contribution in [0.4, 0.5) is 4.79 Å². The first-order valence-corrected chi connectivity index (χ1v) is 7.76. The van der Waals surface area contributed by atoms with E-state index in [1.807, 2.05) is 13.8 Å². The molecule has 106 valence electrons. The van der Waals surface area contributed by atoms with Crippen LogP contribution in [0.15, 0.2) is 0 Å². The maximum absolute atomic E-state index is 11.3. The number of rotatable bonds is 3. The Bertz CT molecular complexity index is 302. The maximum atomic E-state index is 11.3. The number of carbonyl (C=O) groups is 1. The molecule has 0 radical (unpaired) electrons. The summed E-state index contributed by atoms with van der Waals surface area (Å²) in [5.41, 5.74) is -0.425. The predicted molar refractivity (Wildman–Crippen MR) is 74.8 cm³/mol. The number of nitrogens with zero attached hydrogens (tertiary/aromatic N) is 1. The summed E-state index contributed by atoms with van der Waals surface area (Å²) in [7, 11) is -0.694. The molecule has 1 amide bonds. The summed E-state index contributed by atoms with van der Waals surface area (Å²) in [6.07, 6.45) is -0.851. The van der Waals surface area contributed by atoms with Crippen molar-refractivity contribution in [3.05, 3.63) is 0 Å². The fraction of sp³-hybridized carbons (Fsp3) is 0.917. The van der Waals surface area contributed by atoms with Gasteiger partial charge in [-0.05, 0) is 18.9 Å². The standard InChI is InChI=1S/C12H26N2O3Si/c1-11(2,3)18-17-12(4,5)9-8-13-6-7-14(9)10(15)16/h9,13H,6-8,18H2,1-5H3,(H,15,16)/t9-/m0/s1. The first-order valence-electron chi connectivity index (χ1n) is 6.48. The molecule has 18 heavy (non-hydrogen) atoms. The van der Waals surface area contributed by atoms with E-state index < -0.39 is 21.5 Å². The molecule has 0 aromatic rings. The number of carboxylic acid groups (broad SMARTS) is 1. The van der Waals surface area contributed by atoms with Crippen molar-refractivity contribution in [3.8, 4) is 0 Å². The van der Waals surface area contributed by atoms with E-state index in [-0.39, 0.29) is 11.1 Å². The highest BCUT2D eigenvalue weighted by Gasteiger charge is 2.39. The van der Waals surface area contributed by atoms with Gasteiger partial charge < -0.3 is 14.8 Å². The zero-order valence-corrected chi connectivity index (χ0v) is 13.5. The third-order valence-corrected chi connectivity index (χ3v) is 4.92. The first kappa shape index (κ1) is 15.5. The lowest BCUT2D eigenvalue weighted by molar-refractivity contribution is -0.00445. The van der Waals surface area contributed by atoms with Gasteiger partial charge in [0.25, 0.3) is 0 Å². The molecule has 1 fully saturated rings. The minimum atomic E-state index is -0.851. The Morgan fingerprint density at radius 3 is 2.50 bits per heavy atom. The fourth-order valence-corrected chi connectivity index (χ4v) is 3.05. The summed E-state index contributed by atoms with van der Waals surface area (Å²) in [5.74, 6) is 0. The van der Waals surface area contributed by atoms with Gasteiger partial charge in [0.1, 0.15) is 0 Å². The average molecular weight is 274 g/mol. The molecule has 0 aromatic carbocycles. The summed E-state index contributed by atoms with van der Waals surface area (Å²) in [6, 6.07) is -0.112. The van der Waals surface area contributed by atoms with Gasteiger partial charge in [0.2, 0.25) is 0 Å². The van der Waals surface area contributed by atoms with E-state index in [1.54, 1.807) is 0 Å². The monoisotopic (exact) mass is 274 g/mol. The quantitative estimate of drug-likeness (QED) is 0.755. The van der Waals surface area contributed by atoms with Crippen LogP contribution in [-0.2, 0) is 4.43 Å². The lowest BCUT2D eigenvalue weighted by Crippen LogP contribution is -2.62. The molecule has 5 nitrogen and oxygen atoms in total. The second kappa shape index (κ2) is 5.58. The maximum Gasteiger partial charge on any atom is 0.407 e. The molecule has 1 saturated heterocycles. The summed E-state index contributed by atoms with van der Waals surface area (Å²) in [6.45, 7) is 12.4. The van der Waals surface area contributed by atoms with Crippen LogP contribution in [0.2, 0.25) is 5.04 Å². The second-order valence-electron chi connectivity index (χ2n) is 6.65. The molecule has 1 atom stereocenters. The molecule has 0 aliphatic carbocycles. The highest BCUT2D eigenvalue weighted by atomic mass is 28.2. The van der Waals surface area contributed by atoms with Gasteiger partial charge in [0.05, 0.1) is 11.6 Å². The topological polar surface area (TPSA) is 61.8 Å². The third-order valence-electron chi connectivity index (χ3n) is 3.17. The van der Waals surface area contributed by atoms with E-state index in [2.05, 4.69) is 26.1 Å². The van der Waals surface area contributed by atoms with Crippen LogP contribution in [0.3, 0.4) is 0 Å². The summed E-state index contributed by atoms with van der Waals surface area (Å²) in [4.78, 5) is 12.8. The smallest absolute Gasteiger partial charge is 0.407 e. The summed E-state index contributed by atoms with van der Waals surface area (Å²) < 4.78 is 6.11. The van der Waals surface area contributed by atoms with Gasteiger partial charge in [-0.15, -0.1) is 0 Å². The molecule has 0 spiro atoms. The predicted octanol–water partition coefficient (Wildman–Crippen LogP) is 1.04. The second-order valence-corrected chi connectivity index (χ2v) is 9.35. The van der Waals surface area contributed by atoms with Crippen LogP contribution < -0.4 is 5.32 Å². The van der Waals surface area contributed by atoms with E-state index in [4.69, 9.17) is 4.43 Å². The summed E-state index contributed by atoms with van der Waals surface area (Å²) in [5, 5.41) is 12.7. The van der Waals surface area contributed by atoms with Crippen LogP contribution in [-0.4, -0.2) is 57.1 Å². The van der Waals surface area contributed by atoms with Crippen LogP contribution in [0.1, 0.15) is 34.6 Å².